The van der Waals surface area contributed by atoms with E-state index < -0.39 is 18.1 Å². The summed E-state index contributed by atoms with van der Waals surface area (Å²) in [5.74, 6) is -2.28. The minimum absolute atomic E-state index is 0.0557. The Morgan fingerprint density at radius 3 is 2.22 bits per heavy atom. The lowest BCUT2D eigenvalue weighted by atomic mass is 10.1. The van der Waals surface area contributed by atoms with Gasteiger partial charge in [0.1, 0.15) is 18.1 Å². The summed E-state index contributed by atoms with van der Waals surface area (Å²) in [6, 6.07) is 25.1. The van der Waals surface area contributed by atoms with E-state index in [2.05, 4.69) is 10.1 Å². The van der Waals surface area contributed by atoms with Gasteiger partial charge in [-0.25, -0.2) is 4.79 Å². The first-order valence-corrected chi connectivity index (χ1v) is 11.3. The molecular formula is C27H26F3NO5. The molecular weight excluding hydrogens is 475 g/mol. The number of hydrogen-bond donors (Lipinski definition) is 1. The standard InChI is InChI=1S/C27H26F3NO5/c28-27(29,30)26(33)36-25(32)13-15-31-18-22-7-4-8-24(17-22)34-16-14-20-9-11-23(12-10-20)35-19-21-5-2-1-3-6-21/h1-12,17,31H,13-16,18-19H2. The van der Waals surface area contributed by atoms with Crippen LogP contribution in [0.3, 0.4) is 0 Å². The molecule has 0 saturated heterocycles. The largest absolute Gasteiger partial charge is 0.493 e. The van der Waals surface area contributed by atoms with Crippen LogP contribution >= 0.6 is 0 Å². The highest BCUT2D eigenvalue weighted by atomic mass is 19.4. The van der Waals surface area contributed by atoms with Crippen molar-refractivity contribution in [2.75, 3.05) is 13.2 Å². The van der Waals surface area contributed by atoms with Gasteiger partial charge in [0.2, 0.25) is 0 Å². The summed E-state index contributed by atoms with van der Waals surface area (Å²) < 4.78 is 51.6. The number of alkyl halides is 3. The number of carbonyl (C=O) groups is 2. The molecule has 3 rings (SSSR count). The second-order valence-electron chi connectivity index (χ2n) is 7.85. The minimum Gasteiger partial charge on any atom is -0.493 e. The van der Waals surface area contributed by atoms with Crippen LogP contribution in [0.25, 0.3) is 0 Å². The van der Waals surface area contributed by atoms with Crippen LogP contribution in [0.4, 0.5) is 13.2 Å². The number of carbonyl (C=O) groups excluding carboxylic acids is 2. The molecule has 0 aliphatic carbocycles. The fourth-order valence-electron chi connectivity index (χ4n) is 3.16. The summed E-state index contributed by atoms with van der Waals surface area (Å²) in [5.41, 5.74) is 3.08. The van der Waals surface area contributed by atoms with Gasteiger partial charge in [0.05, 0.1) is 13.0 Å². The third-order valence-corrected chi connectivity index (χ3v) is 5.00. The van der Waals surface area contributed by atoms with E-state index in [-0.39, 0.29) is 13.0 Å². The van der Waals surface area contributed by atoms with Gasteiger partial charge in [-0.15, -0.1) is 0 Å². The molecule has 190 valence electrons. The highest BCUT2D eigenvalue weighted by Gasteiger charge is 2.42. The van der Waals surface area contributed by atoms with Gasteiger partial charge < -0.3 is 19.5 Å². The summed E-state index contributed by atoms with van der Waals surface area (Å²) in [7, 11) is 0. The van der Waals surface area contributed by atoms with E-state index in [0.717, 1.165) is 22.4 Å². The second kappa shape index (κ2) is 13.3. The topological polar surface area (TPSA) is 73.9 Å². The highest BCUT2D eigenvalue weighted by Crippen LogP contribution is 2.18. The predicted molar refractivity (Wildman–Crippen MR) is 126 cm³/mol. The molecule has 0 aliphatic rings. The molecule has 0 saturated carbocycles. The molecule has 0 bridgehead atoms. The second-order valence-corrected chi connectivity index (χ2v) is 7.85. The van der Waals surface area contributed by atoms with Crippen molar-refractivity contribution in [3.63, 3.8) is 0 Å². The summed E-state index contributed by atoms with van der Waals surface area (Å²) in [5, 5.41) is 2.92. The van der Waals surface area contributed by atoms with Gasteiger partial charge in [0, 0.05) is 19.5 Å². The molecule has 0 spiro atoms. The van der Waals surface area contributed by atoms with Crippen LogP contribution in [0.1, 0.15) is 23.1 Å². The quantitative estimate of drug-likeness (QED) is 0.214. The van der Waals surface area contributed by atoms with Crippen LogP contribution in [0, 0.1) is 0 Å². The maximum Gasteiger partial charge on any atom is 0.491 e. The minimum atomic E-state index is -5.19. The Bertz CT molecular complexity index is 1120. The Labute approximate surface area is 207 Å². The summed E-state index contributed by atoms with van der Waals surface area (Å²) in [6.45, 7) is 1.40. The monoisotopic (exact) mass is 501 g/mol. The molecule has 0 radical (unpaired) electrons. The molecule has 1 N–H and O–H groups in total. The number of esters is 2. The van der Waals surface area contributed by atoms with Crippen molar-refractivity contribution >= 4 is 11.9 Å². The van der Waals surface area contributed by atoms with Crippen molar-refractivity contribution in [2.24, 2.45) is 0 Å². The normalized spacial score (nSPS) is 11.1. The zero-order valence-electron chi connectivity index (χ0n) is 19.4. The Balaban J connectivity index is 1.34. The molecule has 0 aromatic heterocycles. The van der Waals surface area contributed by atoms with Crippen molar-refractivity contribution in [1.82, 2.24) is 5.32 Å². The van der Waals surface area contributed by atoms with Gasteiger partial charge in [0.15, 0.2) is 0 Å². The molecule has 6 nitrogen and oxygen atoms in total. The maximum atomic E-state index is 12.1. The SMILES string of the molecule is O=C(CCNCc1cccc(OCCc2ccc(OCc3ccccc3)cc2)c1)OC(=O)C(F)(F)F. The summed E-state index contributed by atoms with van der Waals surface area (Å²) in [4.78, 5) is 21.9. The van der Waals surface area contributed by atoms with E-state index in [1.54, 1.807) is 0 Å². The lowest BCUT2D eigenvalue weighted by Crippen LogP contribution is -2.29. The third-order valence-electron chi connectivity index (χ3n) is 5.00. The lowest BCUT2D eigenvalue weighted by Gasteiger charge is -2.10. The zero-order valence-corrected chi connectivity index (χ0v) is 19.4. The molecule has 0 atom stereocenters. The van der Waals surface area contributed by atoms with Crippen molar-refractivity contribution in [2.45, 2.75) is 32.2 Å². The van der Waals surface area contributed by atoms with E-state index >= 15 is 0 Å². The smallest absolute Gasteiger partial charge is 0.491 e. The number of benzene rings is 3. The Morgan fingerprint density at radius 1 is 0.778 bits per heavy atom. The predicted octanol–water partition coefficient (Wildman–Crippen LogP) is 5.00. The van der Waals surface area contributed by atoms with Gasteiger partial charge in [-0.1, -0.05) is 54.6 Å². The lowest BCUT2D eigenvalue weighted by molar-refractivity contribution is -0.201. The molecule has 0 aliphatic heterocycles. The van der Waals surface area contributed by atoms with Crippen molar-refractivity contribution in [1.29, 1.82) is 0 Å². The van der Waals surface area contributed by atoms with E-state index in [4.69, 9.17) is 9.47 Å². The summed E-state index contributed by atoms with van der Waals surface area (Å²) >= 11 is 0. The van der Waals surface area contributed by atoms with Crippen LogP contribution in [-0.4, -0.2) is 31.3 Å². The number of rotatable bonds is 12. The molecule has 3 aromatic carbocycles. The van der Waals surface area contributed by atoms with Crippen LogP contribution in [-0.2, 0) is 33.9 Å². The van der Waals surface area contributed by atoms with Gasteiger partial charge in [0.25, 0.3) is 0 Å². The molecule has 9 heteroatoms. The maximum absolute atomic E-state index is 12.1. The molecule has 0 amide bonds. The van der Waals surface area contributed by atoms with Gasteiger partial charge >= 0.3 is 18.1 Å². The van der Waals surface area contributed by atoms with Gasteiger partial charge in [-0.3, -0.25) is 4.79 Å². The molecule has 0 fully saturated rings. The number of halogens is 3. The Hall–Kier alpha value is -3.85. The number of hydrogen-bond acceptors (Lipinski definition) is 6. The first kappa shape index (κ1) is 26.7. The molecule has 0 heterocycles. The van der Waals surface area contributed by atoms with Gasteiger partial charge in [-0.2, -0.15) is 13.2 Å². The van der Waals surface area contributed by atoms with E-state index in [0.29, 0.717) is 31.9 Å². The molecule has 0 unspecified atom stereocenters. The van der Waals surface area contributed by atoms with E-state index in [1.807, 2.05) is 78.9 Å². The van der Waals surface area contributed by atoms with Gasteiger partial charge in [-0.05, 0) is 41.0 Å². The van der Waals surface area contributed by atoms with E-state index in [1.165, 1.54) is 0 Å². The summed E-state index contributed by atoms with van der Waals surface area (Å²) in [6.07, 6.45) is -4.85. The first-order chi connectivity index (χ1) is 17.3. The number of nitrogens with one attached hydrogen (secondary N) is 1. The zero-order chi connectivity index (χ0) is 25.8. The Morgan fingerprint density at radius 2 is 1.50 bits per heavy atom. The number of ether oxygens (including phenoxy) is 3. The average molecular weight is 502 g/mol. The third kappa shape index (κ3) is 9.42. The van der Waals surface area contributed by atoms with Crippen LogP contribution < -0.4 is 14.8 Å². The fraction of sp³-hybridized carbons (Fsp3) is 0.259. The van der Waals surface area contributed by atoms with Crippen LogP contribution in [0.15, 0.2) is 78.9 Å². The van der Waals surface area contributed by atoms with Crippen LogP contribution in [0.5, 0.6) is 11.5 Å². The van der Waals surface area contributed by atoms with Crippen molar-refractivity contribution in [3.8, 4) is 11.5 Å². The van der Waals surface area contributed by atoms with E-state index in [9.17, 15) is 22.8 Å². The molecule has 3 aromatic rings. The first-order valence-electron chi connectivity index (χ1n) is 11.3. The highest BCUT2D eigenvalue weighted by molar-refractivity contribution is 5.88. The molecule has 36 heavy (non-hydrogen) atoms. The Kier molecular flexibility index (Phi) is 9.88. The fourth-order valence-corrected chi connectivity index (χ4v) is 3.16. The van der Waals surface area contributed by atoms with Crippen LogP contribution in [0.2, 0.25) is 0 Å². The average Bonchev–Trinajstić information content (AvgIpc) is 2.86. The van der Waals surface area contributed by atoms with Crippen molar-refractivity contribution < 1.29 is 37.0 Å². The van der Waals surface area contributed by atoms with Crippen molar-refractivity contribution in [3.05, 3.63) is 95.6 Å².